The van der Waals surface area contributed by atoms with E-state index >= 15 is 0 Å². The van der Waals surface area contributed by atoms with Gasteiger partial charge >= 0.3 is 12.1 Å². The van der Waals surface area contributed by atoms with Crippen molar-refractivity contribution in [2.75, 3.05) is 6.61 Å². The summed E-state index contributed by atoms with van der Waals surface area (Å²) in [6.07, 6.45) is -4.92. The van der Waals surface area contributed by atoms with E-state index in [-0.39, 0.29) is 0 Å². The summed E-state index contributed by atoms with van der Waals surface area (Å²) in [7, 11) is 0. The number of esters is 1. The molecule has 0 spiro atoms. The van der Waals surface area contributed by atoms with Gasteiger partial charge in [0.05, 0.1) is 0 Å². The van der Waals surface area contributed by atoms with Gasteiger partial charge in [0.1, 0.15) is 6.61 Å². The fourth-order valence-electron chi connectivity index (χ4n) is 0.192. The molecule has 0 atom stereocenters. The number of alkyl halides is 3. The zero-order valence-electron chi connectivity index (χ0n) is 4.64. The molecule has 0 unspecified atom stereocenters. The van der Waals surface area contributed by atoms with Crippen LogP contribution in [0.1, 0.15) is 0 Å². The van der Waals surface area contributed by atoms with Crippen LogP contribution in [-0.2, 0) is 9.53 Å². The highest BCUT2D eigenvalue weighted by Gasteiger charge is 2.40. The maximum atomic E-state index is 11.3. The van der Waals surface area contributed by atoms with Gasteiger partial charge in [-0.05, 0) is 0 Å². The Morgan fingerprint density at radius 2 is 2.10 bits per heavy atom. The highest BCUT2D eigenvalue weighted by atomic mass is 32.1. The number of ether oxygens (including phenoxy) is 1. The first kappa shape index (κ1) is 9.35. The summed E-state index contributed by atoms with van der Waals surface area (Å²) >= 11 is 4.12. The van der Waals surface area contributed by atoms with E-state index in [4.69, 9.17) is 0 Å². The second-order valence-electron chi connectivity index (χ2n) is 1.26. The van der Waals surface area contributed by atoms with Crippen molar-refractivity contribution in [3.63, 3.8) is 0 Å². The molecule has 0 fully saturated rings. The minimum Gasteiger partial charge on any atom is -0.454 e. The van der Waals surface area contributed by atoms with Gasteiger partial charge in [0.15, 0.2) is 0 Å². The van der Waals surface area contributed by atoms with Crippen LogP contribution in [0, 0.1) is 0 Å². The fraction of sp³-hybridized carbons (Fsp3) is 0.500. The molecule has 0 saturated heterocycles. The van der Waals surface area contributed by atoms with Gasteiger partial charge in [0.25, 0.3) is 0 Å². The maximum Gasteiger partial charge on any atom is 0.490 e. The molecule has 0 bridgehead atoms. The lowest BCUT2D eigenvalue weighted by atomic mass is 10.7. The van der Waals surface area contributed by atoms with Crippen LogP contribution in [0.25, 0.3) is 0 Å². The number of hydrogen-bond acceptors (Lipinski definition) is 3. The van der Waals surface area contributed by atoms with Gasteiger partial charge in [-0.15, -0.1) is 0 Å². The quantitative estimate of drug-likeness (QED) is 0.460. The number of carbonyl (C=O) groups is 1. The molecule has 0 aromatic rings. The van der Waals surface area contributed by atoms with Crippen molar-refractivity contribution in [3.8, 4) is 0 Å². The van der Waals surface area contributed by atoms with Gasteiger partial charge in [0, 0.05) is 5.37 Å². The molecule has 0 amide bonds. The molecule has 0 aromatic heterocycles. The summed E-state index contributed by atoms with van der Waals surface area (Å²) in [5, 5.41) is 0.893. The average molecular weight is 172 g/mol. The Morgan fingerprint density at radius 3 is 2.40 bits per heavy atom. The molecule has 10 heavy (non-hydrogen) atoms. The minimum absolute atomic E-state index is 0.492. The summed E-state index contributed by atoms with van der Waals surface area (Å²) in [5.41, 5.74) is 0. The summed E-state index contributed by atoms with van der Waals surface area (Å²) in [6, 6.07) is 0. The molecule has 0 saturated carbocycles. The van der Waals surface area contributed by atoms with Gasteiger partial charge < -0.3 is 4.74 Å². The maximum absolute atomic E-state index is 11.3. The number of thiocarbonyl (C=S) groups is 1. The van der Waals surface area contributed by atoms with Crippen LogP contribution >= 0.6 is 12.2 Å². The molecule has 0 heterocycles. The third kappa shape index (κ3) is 3.39. The minimum atomic E-state index is -4.92. The van der Waals surface area contributed by atoms with Gasteiger partial charge in [-0.2, -0.15) is 13.2 Å². The van der Waals surface area contributed by atoms with Crippen molar-refractivity contribution in [1.29, 1.82) is 0 Å². The van der Waals surface area contributed by atoms with E-state index in [1.165, 1.54) is 0 Å². The normalized spacial score (nSPS) is 10.7. The van der Waals surface area contributed by atoms with Crippen molar-refractivity contribution < 1.29 is 22.7 Å². The van der Waals surface area contributed by atoms with Crippen molar-refractivity contribution >= 4 is 23.6 Å². The van der Waals surface area contributed by atoms with Crippen molar-refractivity contribution in [2.24, 2.45) is 0 Å². The second-order valence-corrected chi connectivity index (χ2v) is 1.60. The number of halogens is 3. The Balaban J connectivity index is 3.74. The summed E-state index contributed by atoms with van der Waals surface area (Å²) in [5.74, 6) is -2.21. The molecule has 0 aliphatic carbocycles. The third-order valence-corrected chi connectivity index (χ3v) is 0.650. The fourth-order valence-corrected chi connectivity index (χ4v) is 0.260. The molecular formula is C4H3F3O2S. The number of rotatable bonds is 2. The van der Waals surface area contributed by atoms with Crippen molar-refractivity contribution in [1.82, 2.24) is 0 Å². The zero-order chi connectivity index (χ0) is 8.20. The first-order chi connectivity index (χ1) is 4.48. The van der Waals surface area contributed by atoms with E-state index in [0.29, 0.717) is 0 Å². The smallest absolute Gasteiger partial charge is 0.454 e. The lowest BCUT2D eigenvalue weighted by Crippen LogP contribution is -2.25. The molecule has 58 valence electrons. The number of carbonyl (C=O) groups excluding carboxylic acids is 1. The second kappa shape index (κ2) is 3.50. The van der Waals surface area contributed by atoms with Crippen LogP contribution in [0.4, 0.5) is 13.2 Å². The molecule has 0 aliphatic heterocycles. The van der Waals surface area contributed by atoms with Crippen LogP contribution in [-0.4, -0.2) is 24.1 Å². The predicted octanol–water partition coefficient (Wildman–Crippen LogP) is 1.09. The lowest BCUT2D eigenvalue weighted by Gasteiger charge is -2.03. The first-order valence-corrected chi connectivity index (χ1v) is 2.63. The molecule has 2 nitrogen and oxygen atoms in total. The Labute approximate surface area is 60.0 Å². The Morgan fingerprint density at radius 1 is 1.60 bits per heavy atom. The van der Waals surface area contributed by atoms with Crippen LogP contribution in [0.15, 0.2) is 0 Å². The van der Waals surface area contributed by atoms with Crippen LogP contribution in [0.5, 0.6) is 0 Å². The number of hydrogen-bond donors (Lipinski definition) is 0. The average Bonchev–Trinajstić information content (AvgIpc) is 1.80. The van der Waals surface area contributed by atoms with Gasteiger partial charge in [0.2, 0.25) is 0 Å². The van der Waals surface area contributed by atoms with E-state index in [0.717, 1.165) is 5.37 Å². The van der Waals surface area contributed by atoms with E-state index < -0.39 is 18.8 Å². The third-order valence-electron chi connectivity index (χ3n) is 0.514. The summed E-state index contributed by atoms with van der Waals surface area (Å²) in [6.45, 7) is -0.492. The predicted molar refractivity (Wildman–Crippen MR) is 30.7 cm³/mol. The first-order valence-electron chi connectivity index (χ1n) is 2.16. The zero-order valence-corrected chi connectivity index (χ0v) is 5.46. The molecule has 0 N–H and O–H groups in total. The van der Waals surface area contributed by atoms with Crippen LogP contribution in [0.2, 0.25) is 0 Å². The van der Waals surface area contributed by atoms with Gasteiger partial charge in [-0.3, -0.25) is 0 Å². The Kier molecular flexibility index (Phi) is 3.27. The van der Waals surface area contributed by atoms with E-state index in [1.54, 1.807) is 0 Å². The molecular weight excluding hydrogens is 169 g/mol. The molecule has 0 aromatic carbocycles. The monoisotopic (exact) mass is 172 g/mol. The van der Waals surface area contributed by atoms with E-state index in [2.05, 4.69) is 17.0 Å². The summed E-state index contributed by atoms with van der Waals surface area (Å²) in [4.78, 5) is 9.81. The van der Waals surface area contributed by atoms with Crippen molar-refractivity contribution in [2.45, 2.75) is 6.18 Å². The topological polar surface area (TPSA) is 26.3 Å². The van der Waals surface area contributed by atoms with E-state index in [9.17, 15) is 18.0 Å². The van der Waals surface area contributed by atoms with Gasteiger partial charge in [-0.1, -0.05) is 12.2 Å². The summed E-state index contributed by atoms with van der Waals surface area (Å²) < 4.78 is 37.4. The molecule has 6 heteroatoms. The van der Waals surface area contributed by atoms with Gasteiger partial charge in [-0.25, -0.2) is 4.79 Å². The van der Waals surface area contributed by atoms with Crippen LogP contribution in [0.3, 0.4) is 0 Å². The lowest BCUT2D eigenvalue weighted by molar-refractivity contribution is -0.197. The van der Waals surface area contributed by atoms with E-state index in [1.807, 2.05) is 0 Å². The molecule has 0 radical (unpaired) electrons. The highest BCUT2D eigenvalue weighted by molar-refractivity contribution is 7.79. The Hall–Kier alpha value is -0.650. The van der Waals surface area contributed by atoms with Crippen molar-refractivity contribution in [3.05, 3.63) is 0 Å². The molecule has 0 aliphatic rings. The van der Waals surface area contributed by atoms with Crippen LogP contribution < -0.4 is 0 Å². The molecule has 0 rings (SSSR count). The Bertz CT molecular complexity index is 142. The highest BCUT2D eigenvalue weighted by Crippen LogP contribution is 2.15. The largest absolute Gasteiger partial charge is 0.490 e. The SMILES string of the molecule is O=C(OCC=S)C(F)(F)F. The standard InChI is InChI=1S/C4H3F3O2S/c5-4(6,7)3(8)9-1-2-10/h2H,1H2.